The number of rotatable bonds is 2. The molecule has 0 radical (unpaired) electrons. The van der Waals surface area contributed by atoms with Crippen LogP contribution in [0.15, 0.2) is 12.1 Å². The summed E-state index contributed by atoms with van der Waals surface area (Å²) in [4.78, 5) is 0. The average molecular weight is 253 g/mol. The van der Waals surface area contributed by atoms with Gasteiger partial charge in [0, 0.05) is 11.6 Å². The highest BCUT2D eigenvalue weighted by molar-refractivity contribution is 5.60. The van der Waals surface area contributed by atoms with Crippen molar-refractivity contribution in [2.75, 3.05) is 12.4 Å². The summed E-state index contributed by atoms with van der Waals surface area (Å²) < 4.78 is 19.5. The molecular weight excluding hydrogens is 229 g/mol. The van der Waals surface area contributed by atoms with Gasteiger partial charge in [0.2, 0.25) is 0 Å². The maximum Gasteiger partial charge on any atom is 0.142 e. The number of hydrogen-bond acceptors (Lipinski definition) is 2. The molecule has 1 aromatic carbocycles. The molecule has 0 amide bonds. The first kappa shape index (κ1) is 14.8. The number of nitrogens with one attached hydrogen (secondary N) is 1. The summed E-state index contributed by atoms with van der Waals surface area (Å²) in [5.74, 6) is 0.478. The van der Waals surface area contributed by atoms with Crippen molar-refractivity contribution in [3.05, 3.63) is 23.5 Å². The number of anilines is 1. The van der Waals surface area contributed by atoms with Gasteiger partial charge in [0.1, 0.15) is 11.6 Å². The Morgan fingerprint density at radius 1 is 1.06 bits per heavy atom. The van der Waals surface area contributed by atoms with Crippen molar-refractivity contribution in [2.24, 2.45) is 0 Å². The van der Waals surface area contributed by atoms with E-state index in [9.17, 15) is 4.39 Å². The van der Waals surface area contributed by atoms with E-state index in [0.717, 1.165) is 0 Å². The second-order valence-corrected chi connectivity index (χ2v) is 6.66. The van der Waals surface area contributed by atoms with Gasteiger partial charge in [0.15, 0.2) is 0 Å². The highest BCUT2D eigenvalue weighted by Crippen LogP contribution is 2.35. The van der Waals surface area contributed by atoms with Gasteiger partial charge in [-0.25, -0.2) is 4.39 Å². The van der Waals surface area contributed by atoms with Crippen molar-refractivity contribution < 1.29 is 9.13 Å². The number of halogens is 1. The Kier molecular flexibility index (Phi) is 3.94. The first-order valence-electron chi connectivity index (χ1n) is 6.21. The van der Waals surface area contributed by atoms with Crippen LogP contribution in [0.3, 0.4) is 0 Å². The Labute approximate surface area is 110 Å². The molecule has 1 rings (SSSR count). The predicted molar refractivity (Wildman–Crippen MR) is 75.0 cm³/mol. The van der Waals surface area contributed by atoms with E-state index in [-0.39, 0.29) is 16.8 Å². The van der Waals surface area contributed by atoms with Crippen molar-refractivity contribution in [1.29, 1.82) is 0 Å². The Morgan fingerprint density at radius 3 is 2.00 bits per heavy atom. The van der Waals surface area contributed by atoms with E-state index in [1.54, 1.807) is 13.2 Å². The Bertz CT molecular complexity index is 427. The van der Waals surface area contributed by atoms with E-state index in [0.29, 0.717) is 17.0 Å². The van der Waals surface area contributed by atoms with Crippen molar-refractivity contribution in [3.8, 4) is 5.75 Å². The molecule has 18 heavy (non-hydrogen) atoms. The lowest BCUT2D eigenvalue weighted by atomic mass is 9.86. The summed E-state index contributed by atoms with van der Waals surface area (Å²) in [5, 5.41) is 3.26. The van der Waals surface area contributed by atoms with Crippen LogP contribution in [0.4, 0.5) is 10.1 Å². The maximum atomic E-state index is 14.1. The molecule has 2 nitrogen and oxygen atoms in total. The molecule has 0 saturated heterocycles. The number of ether oxygens (including phenoxy) is 1. The van der Waals surface area contributed by atoms with Gasteiger partial charge >= 0.3 is 0 Å². The second-order valence-electron chi connectivity index (χ2n) is 6.66. The van der Waals surface area contributed by atoms with Gasteiger partial charge in [-0.15, -0.1) is 0 Å². The van der Waals surface area contributed by atoms with Gasteiger partial charge in [0.05, 0.1) is 12.8 Å². The van der Waals surface area contributed by atoms with Crippen LogP contribution in [0.2, 0.25) is 0 Å². The zero-order valence-corrected chi connectivity index (χ0v) is 12.4. The number of hydrogen-bond donors (Lipinski definition) is 1. The highest BCUT2D eigenvalue weighted by atomic mass is 19.1. The molecule has 1 N–H and O–H groups in total. The number of benzene rings is 1. The van der Waals surface area contributed by atoms with Gasteiger partial charge in [0.25, 0.3) is 0 Å². The molecule has 0 bridgehead atoms. The highest BCUT2D eigenvalue weighted by Gasteiger charge is 2.22. The van der Waals surface area contributed by atoms with Crippen LogP contribution >= 0.6 is 0 Å². The lowest BCUT2D eigenvalue weighted by molar-refractivity contribution is 0.410. The number of methoxy groups -OCH3 is 1. The SMILES string of the molecule is COc1cc(C(C)(C)C)c(F)cc1NC(C)(C)C. The molecule has 0 atom stereocenters. The second kappa shape index (κ2) is 4.79. The molecule has 0 unspecified atom stereocenters. The van der Waals surface area contributed by atoms with Crippen LogP contribution in [0.1, 0.15) is 47.1 Å². The maximum absolute atomic E-state index is 14.1. The molecule has 0 aromatic heterocycles. The van der Waals surface area contributed by atoms with Crippen LogP contribution in [-0.4, -0.2) is 12.6 Å². The van der Waals surface area contributed by atoms with Gasteiger partial charge in [-0.05, 0) is 37.8 Å². The first-order chi connectivity index (χ1) is 8.04. The molecule has 3 heteroatoms. The molecule has 0 aliphatic rings. The van der Waals surface area contributed by atoms with E-state index in [1.165, 1.54) is 6.07 Å². The largest absolute Gasteiger partial charge is 0.495 e. The van der Waals surface area contributed by atoms with E-state index in [4.69, 9.17) is 4.74 Å². The summed E-state index contributed by atoms with van der Waals surface area (Å²) in [7, 11) is 1.60. The molecule has 102 valence electrons. The van der Waals surface area contributed by atoms with Gasteiger partial charge in [-0.1, -0.05) is 20.8 Å². The normalized spacial score (nSPS) is 12.4. The third kappa shape index (κ3) is 3.62. The summed E-state index contributed by atoms with van der Waals surface area (Å²) in [6.07, 6.45) is 0. The van der Waals surface area contributed by atoms with Crippen molar-refractivity contribution in [2.45, 2.75) is 52.5 Å². The standard InChI is InChI=1S/C15H24FNO/c1-14(2,3)10-8-13(18-7)12(9-11(10)16)17-15(4,5)6/h8-9,17H,1-7H3. The average Bonchev–Trinajstić information content (AvgIpc) is 2.13. The Morgan fingerprint density at radius 2 is 1.61 bits per heavy atom. The van der Waals surface area contributed by atoms with Crippen LogP contribution in [0.5, 0.6) is 5.75 Å². The molecule has 0 saturated carbocycles. The minimum absolute atomic E-state index is 0.136. The topological polar surface area (TPSA) is 21.3 Å². The van der Waals surface area contributed by atoms with E-state index in [1.807, 2.05) is 41.5 Å². The van der Waals surface area contributed by atoms with Crippen molar-refractivity contribution in [1.82, 2.24) is 0 Å². The quantitative estimate of drug-likeness (QED) is 0.846. The molecule has 0 aliphatic heterocycles. The van der Waals surface area contributed by atoms with Gasteiger partial charge in [-0.2, -0.15) is 0 Å². The summed E-state index contributed by atoms with van der Waals surface area (Å²) >= 11 is 0. The van der Waals surface area contributed by atoms with Gasteiger partial charge < -0.3 is 10.1 Å². The molecular formula is C15H24FNO. The minimum Gasteiger partial charge on any atom is -0.495 e. The summed E-state index contributed by atoms with van der Waals surface area (Å²) in [6.45, 7) is 12.1. The zero-order valence-electron chi connectivity index (χ0n) is 12.4. The third-order valence-corrected chi connectivity index (χ3v) is 2.61. The lowest BCUT2D eigenvalue weighted by Gasteiger charge is -2.26. The summed E-state index contributed by atoms with van der Waals surface area (Å²) in [6, 6.07) is 3.30. The molecule has 0 heterocycles. The van der Waals surface area contributed by atoms with Crippen molar-refractivity contribution >= 4 is 5.69 Å². The van der Waals surface area contributed by atoms with E-state index >= 15 is 0 Å². The molecule has 1 aromatic rings. The molecule has 0 aliphatic carbocycles. The molecule has 0 fully saturated rings. The lowest BCUT2D eigenvalue weighted by Crippen LogP contribution is -2.26. The van der Waals surface area contributed by atoms with Gasteiger partial charge in [-0.3, -0.25) is 0 Å². The first-order valence-corrected chi connectivity index (χ1v) is 6.21. The van der Waals surface area contributed by atoms with Crippen LogP contribution in [0, 0.1) is 5.82 Å². The smallest absolute Gasteiger partial charge is 0.142 e. The van der Waals surface area contributed by atoms with E-state index < -0.39 is 0 Å². The van der Waals surface area contributed by atoms with Crippen molar-refractivity contribution in [3.63, 3.8) is 0 Å². The van der Waals surface area contributed by atoms with Crippen LogP contribution in [-0.2, 0) is 5.41 Å². The fourth-order valence-corrected chi connectivity index (χ4v) is 1.80. The van der Waals surface area contributed by atoms with Crippen LogP contribution < -0.4 is 10.1 Å². The van der Waals surface area contributed by atoms with E-state index in [2.05, 4.69) is 5.32 Å². The fraction of sp³-hybridized carbons (Fsp3) is 0.600. The monoisotopic (exact) mass is 253 g/mol. The van der Waals surface area contributed by atoms with Crippen LogP contribution in [0.25, 0.3) is 0 Å². The predicted octanol–water partition coefficient (Wildman–Crippen LogP) is 4.34. The summed E-state index contributed by atoms with van der Waals surface area (Å²) in [5.41, 5.74) is 0.981. The Balaban J connectivity index is 3.28. The molecule has 0 spiro atoms. The zero-order chi connectivity index (χ0) is 14.1. The fourth-order valence-electron chi connectivity index (χ4n) is 1.80. The third-order valence-electron chi connectivity index (χ3n) is 2.61. The Hall–Kier alpha value is -1.25. The minimum atomic E-state index is -0.238.